The first-order valence-electron chi connectivity index (χ1n) is 8.55. The van der Waals surface area contributed by atoms with Crippen LogP contribution < -0.4 is 5.73 Å². The van der Waals surface area contributed by atoms with E-state index >= 15 is 0 Å². The molecule has 2 aliphatic rings. The summed E-state index contributed by atoms with van der Waals surface area (Å²) in [4.78, 5) is 16.3. The zero-order valence-electron chi connectivity index (χ0n) is 14.9. The highest BCUT2D eigenvalue weighted by molar-refractivity contribution is 5.68. The van der Waals surface area contributed by atoms with E-state index in [-0.39, 0.29) is 6.09 Å². The zero-order chi connectivity index (χ0) is 16.5. The highest BCUT2D eigenvalue weighted by Crippen LogP contribution is 2.59. The molecule has 0 unspecified atom stereocenters. The van der Waals surface area contributed by atoms with Crippen molar-refractivity contribution >= 4 is 6.09 Å². The van der Waals surface area contributed by atoms with Crippen molar-refractivity contribution in [3.05, 3.63) is 0 Å². The van der Waals surface area contributed by atoms with E-state index in [0.717, 1.165) is 45.2 Å². The minimum absolute atomic E-state index is 0.182. The maximum atomic E-state index is 12.0. The Morgan fingerprint density at radius 2 is 1.77 bits per heavy atom. The third kappa shape index (κ3) is 4.13. The first-order chi connectivity index (χ1) is 10.1. The molecule has 0 aromatic rings. The number of ether oxygens (including phenoxy) is 1. The largest absolute Gasteiger partial charge is 0.444 e. The molecule has 0 radical (unpaired) electrons. The van der Waals surface area contributed by atoms with Crippen LogP contribution in [0.15, 0.2) is 0 Å². The number of hydrogen-bond acceptors (Lipinski definition) is 4. The molecule has 1 saturated heterocycles. The van der Waals surface area contributed by atoms with Gasteiger partial charge in [0.1, 0.15) is 5.60 Å². The van der Waals surface area contributed by atoms with Crippen LogP contribution in [0.3, 0.4) is 0 Å². The van der Waals surface area contributed by atoms with Crippen molar-refractivity contribution in [1.29, 1.82) is 0 Å². The van der Waals surface area contributed by atoms with Crippen molar-refractivity contribution < 1.29 is 9.53 Å². The maximum absolute atomic E-state index is 12.0. The van der Waals surface area contributed by atoms with Crippen LogP contribution in [0.25, 0.3) is 0 Å². The van der Waals surface area contributed by atoms with Gasteiger partial charge in [0.25, 0.3) is 0 Å². The predicted octanol–water partition coefficient (Wildman–Crippen LogP) is 2.16. The fraction of sp³-hybridized carbons (Fsp3) is 0.941. The van der Waals surface area contributed by atoms with Crippen LogP contribution in [0.4, 0.5) is 4.79 Å². The van der Waals surface area contributed by atoms with Crippen LogP contribution in [0.5, 0.6) is 0 Å². The minimum Gasteiger partial charge on any atom is -0.444 e. The standard InChI is InChI=1S/C17H33N3O2/c1-16(2,3)22-15(21)20-10-8-19(9-11-20)7-6-13-14(12-18)17(13,4)5/h13-14H,6-12,18H2,1-5H3/t13-,14-/m1/s1. The normalized spacial score (nSPS) is 28.5. The van der Waals surface area contributed by atoms with Crippen molar-refractivity contribution in [3.8, 4) is 0 Å². The Balaban J connectivity index is 1.69. The molecular weight excluding hydrogens is 278 g/mol. The minimum atomic E-state index is -0.414. The fourth-order valence-corrected chi connectivity index (χ4v) is 3.70. The molecule has 2 fully saturated rings. The van der Waals surface area contributed by atoms with Gasteiger partial charge in [0.2, 0.25) is 0 Å². The van der Waals surface area contributed by atoms with Crippen molar-refractivity contribution in [2.75, 3.05) is 39.3 Å². The number of rotatable bonds is 4. The van der Waals surface area contributed by atoms with E-state index in [0.29, 0.717) is 11.3 Å². The number of nitrogens with zero attached hydrogens (tertiary/aromatic N) is 2. The molecule has 1 amide bonds. The Labute approximate surface area is 135 Å². The average Bonchev–Trinajstić information content (AvgIpc) is 2.95. The van der Waals surface area contributed by atoms with Crippen LogP contribution in [0.2, 0.25) is 0 Å². The monoisotopic (exact) mass is 311 g/mol. The van der Waals surface area contributed by atoms with Gasteiger partial charge in [-0.05, 0) is 57.5 Å². The highest BCUT2D eigenvalue weighted by atomic mass is 16.6. The molecule has 0 spiro atoms. The summed E-state index contributed by atoms with van der Waals surface area (Å²) in [5.74, 6) is 1.46. The summed E-state index contributed by atoms with van der Waals surface area (Å²) < 4.78 is 5.43. The summed E-state index contributed by atoms with van der Waals surface area (Å²) in [5, 5.41) is 0. The Morgan fingerprint density at radius 1 is 1.18 bits per heavy atom. The predicted molar refractivity (Wildman–Crippen MR) is 88.7 cm³/mol. The van der Waals surface area contributed by atoms with Crippen molar-refractivity contribution in [2.24, 2.45) is 23.0 Å². The molecule has 0 bridgehead atoms. The summed E-state index contributed by atoms with van der Waals surface area (Å²) in [6.07, 6.45) is 1.04. The van der Waals surface area contributed by atoms with Gasteiger partial charge in [-0.25, -0.2) is 4.79 Å². The van der Waals surface area contributed by atoms with E-state index in [9.17, 15) is 4.79 Å². The third-order valence-corrected chi connectivity index (χ3v) is 5.32. The Bertz CT molecular complexity index is 395. The van der Waals surface area contributed by atoms with Crippen LogP contribution >= 0.6 is 0 Å². The molecule has 128 valence electrons. The summed E-state index contributed by atoms with van der Waals surface area (Å²) >= 11 is 0. The molecule has 5 heteroatoms. The van der Waals surface area contributed by atoms with Crippen molar-refractivity contribution in [2.45, 2.75) is 46.6 Å². The number of amides is 1. The van der Waals surface area contributed by atoms with E-state index in [2.05, 4.69) is 18.7 Å². The Kier molecular flexibility index (Phi) is 5.07. The highest BCUT2D eigenvalue weighted by Gasteiger charge is 2.55. The molecule has 1 heterocycles. The van der Waals surface area contributed by atoms with Gasteiger partial charge in [-0.15, -0.1) is 0 Å². The number of hydrogen-bond donors (Lipinski definition) is 1. The van der Waals surface area contributed by atoms with Gasteiger partial charge in [-0.3, -0.25) is 4.90 Å². The second-order valence-electron chi connectivity index (χ2n) is 8.37. The molecule has 0 aromatic heterocycles. The summed E-state index contributed by atoms with van der Waals surface area (Å²) in [7, 11) is 0. The van der Waals surface area contributed by atoms with Gasteiger partial charge in [-0.1, -0.05) is 13.8 Å². The van der Waals surface area contributed by atoms with Crippen LogP contribution in [-0.4, -0.2) is 60.8 Å². The first kappa shape index (κ1) is 17.5. The summed E-state index contributed by atoms with van der Waals surface area (Å²) in [6.45, 7) is 15.7. The van der Waals surface area contributed by atoms with Crippen LogP contribution in [0.1, 0.15) is 41.0 Å². The second kappa shape index (κ2) is 6.36. The topological polar surface area (TPSA) is 58.8 Å². The second-order valence-corrected chi connectivity index (χ2v) is 8.37. The van der Waals surface area contributed by atoms with Gasteiger partial charge < -0.3 is 15.4 Å². The van der Waals surface area contributed by atoms with Crippen molar-refractivity contribution in [1.82, 2.24) is 9.80 Å². The Hall–Kier alpha value is -0.810. The molecule has 0 aromatic carbocycles. The lowest BCUT2D eigenvalue weighted by molar-refractivity contribution is 0.0143. The van der Waals surface area contributed by atoms with Gasteiger partial charge in [0.15, 0.2) is 0 Å². The Morgan fingerprint density at radius 3 is 2.23 bits per heavy atom. The van der Waals surface area contributed by atoms with E-state index in [1.165, 1.54) is 6.42 Å². The van der Waals surface area contributed by atoms with Gasteiger partial charge >= 0.3 is 6.09 Å². The molecule has 5 nitrogen and oxygen atoms in total. The zero-order valence-corrected chi connectivity index (χ0v) is 14.9. The molecular formula is C17H33N3O2. The number of carbonyl (C=O) groups excluding carboxylic acids is 1. The van der Waals surface area contributed by atoms with Crippen LogP contribution in [0, 0.1) is 17.3 Å². The number of carbonyl (C=O) groups is 1. The lowest BCUT2D eigenvalue weighted by Gasteiger charge is -2.35. The molecule has 1 aliphatic heterocycles. The van der Waals surface area contributed by atoms with E-state index in [1.807, 2.05) is 25.7 Å². The van der Waals surface area contributed by atoms with Gasteiger partial charge in [-0.2, -0.15) is 0 Å². The lowest BCUT2D eigenvalue weighted by atomic mass is 10.1. The maximum Gasteiger partial charge on any atom is 0.410 e. The molecule has 2 rings (SSSR count). The number of piperazine rings is 1. The van der Waals surface area contributed by atoms with Crippen LogP contribution in [-0.2, 0) is 4.74 Å². The lowest BCUT2D eigenvalue weighted by Crippen LogP contribution is -2.50. The first-order valence-corrected chi connectivity index (χ1v) is 8.55. The smallest absolute Gasteiger partial charge is 0.410 e. The summed E-state index contributed by atoms with van der Waals surface area (Å²) in [6, 6.07) is 0. The summed E-state index contributed by atoms with van der Waals surface area (Å²) in [5.41, 5.74) is 5.85. The van der Waals surface area contributed by atoms with Gasteiger partial charge in [0.05, 0.1) is 0 Å². The van der Waals surface area contributed by atoms with E-state index in [1.54, 1.807) is 0 Å². The molecule has 2 N–H and O–H groups in total. The van der Waals surface area contributed by atoms with E-state index in [4.69, 9.17) is 10.5 Å². The fourth-order valence-electron chi connectivity index (χ4n) is 3.70. The van der Waals surface area contributed by atoms with E-state index < -0.39 is 5.60 Å². The quantitative estimate of drug-likeness (QED) is 0.864. The SMILES string of the molecule is CC(C)(C)OC(=O)N1CCN(CC[C@@H]2[C@@H](CN)C2(C)C)CC1. The number of nitrogens with two attached hydrogens (primary N) is 1. The third-order valence-electron chi connectivity index (χ3n) is 5.32. The average molecular weight is 311 g/mol. The molecule has 2 atom stereocenters. The van der Waals surface area contributed by atoms with Crippen molar-refractivity contribution in [3.63, 3.8) is 0 Å². The molecule has 22 heavy (non-hydrogen) atoms. The molecule has 1 saturated carbocycles. The van der Waals surface area contributed by atoms with Gasteiger partial charge in [0, 0.05) is 26.2 Å². The molecule has 1 aliphatic carbocycles.